The fourth-order valence-corrected chi connectivity index (χ4v) is 5.88. The standard InChI is InChI=1S/C27H22ClF3N4O2S/c1-13-12-34-25(15-6-4-8-20(22(15)30)38(3,32)37)23(31)26(13)35-14(2)10-17(21(28)27(35)36)16-11-18(16)24-19(29)7-5-9-33-24/h4-10,12,16,18,32H,11H2,1-3H3/t16-,18+,38?/m1/s1. The number of aromatic nitrogens is 3. The number of benzene rings is 1. The van der Waals surface area contributed by atoms with Gasteiger partial charge in [-0.3, -0.25) is 19.3 Å². The van der Waals surface area contributed by atoms with Gasteiger partial charge in [0, 0.05) is 35.8 Å². The smallest absolute Gasteiger partial charge is 0.274 e. The van der Waals surface area contributed by atoms with Crippen molar-refractivity contribution in [2.45, 2.75) is 37.0 Å². The van der Waals surface area contributed by atoms with E-state index in [0.29, 0.717) is 28.9 Å². The van der Waals surface area contributed by atoms with Crippen molar-refractivity contribution in [2.75, 3.05) is 6.26 Å². The van der Waals surface area contributed by atoms with E-state index >= 15 is 8.78 Å². The molecular weight excluding hydrogens is 537 g/mol. The van der Waals surface area contributed by atoms with Crippen molar-refractivity contribution in [3.63, 3.8) is 0 Å². The third kappa shape index (κ3) is 4.31. The molecule has 3 heterocycles. The van der Waals surface area contributed by atoms with Gasteiger partial charge in [-0.05, 0) is 67.6 Å². The summed E-state index contributed by atoms with van der Waals surface area (Å²) >= 11 is 6.51. The van der Waals surface area contributed by atoms with Crippen molar-refractivity contribution in [1.82, 2.24) is 14.5 Å². The van der Waals surface area contributed by atoms with Crippen LogP contribution in [-0.4, -0.2) is 25.0 Å². The molecule has 0 spiro atoms. The Morgan fingerprint density at radius 1 is 1.08 bits per heavy atom. The molecule has 6 nitrogen and oxygen atoms in total. The van der Waals surface area contributed by atoms with Crippen LogP contribution in [0.5, 0.6) is 0 Å². The molecule has 5 rings (SSSR count). The zero-order valence-corrected chi connectivity index (χ0v) is 22.1. The van der Waals surface area contributed by atoms with Crippen LogP contribution >= 0.6 is 11.6 Å². The van der Waals surface area contributed by atoms with Crippen LogP contribution < -0.4 is 5.56 Å². The summed E-state index contributed by atoms with van der Waals surface area (Å²) in [5, 5.41) is -0.121. The van der Waals surface area contributed by atoms with Crippen LogP contribution in [0.3, 0.4) is 0 Å². The molecule has 4 aromatic rings. The molecule has 3 atom stereocenters. The van der Waals surface area contributed by atoms with E-state index in [2.05, 4.69) is 9.97 Å². The van der Waals surface area contributed by atoms with Gasteiger partial charge in [-0.15, -0.1) is 0 Å². The molecule has 0 radical (unpaired) electrons. The lowest BCUT2D eigenvalue weighted by Crippen LogP contribution is -2.24. The highest BCUT2D eigenvalue weighted by Crippen LogP contribution is 2.55. The van der Waals surface area contributed by atoms with Gasteiger partial charge >= 0.3 is 0 Å². The molecule has 0 aliphatic heterocycles. The molecule has 0 bridgehead atoms. The fraction of sp³-hybridized carbons (Fsp3) is 0.222. The Labute approximate surface area is 222 Å². The third-order valence-corrected chi connectivity index (χ3v) is 8.26. The van der Waals surface area contributed by atoms with Gasteiger partial charge in [-0.1, -0.05) is 17.7 Å². The molecule has 1 fully saturated rings. The zero-order chi connectivity index (χ0) is 27.5. The average Bonchev–Trinajstić information content (AvgIpc) is 3.64. The highest BCUT2D eigenvalue weighted by molar-refractivity contribution is 7.91. The monoisotopic (exact) mass is 558 g/mol. The number of rotatable bonds is 5. The van der Waals surface area contributed by atoms with E-state index in [1.54, 1.807) is 19.9 Å². The molecule has 1 unspecified atom stereocenters. The molecule has 1 aromatic carbocycles. The summed E-state index contributed by atoms with van der Waals surface area (Å²) in [4.78, 5) is 21.3. The quantitative estimate of drug-likeness (QED) is 0.312. The summed E-state index contributed by atoms with van der Waals surface area (Å²) in [6.45, 7) is 3.17. The van der Waals surface area contributed by atoms with Crippen LogP contribution in [0.2, 0.25) is 5.02 Å². The van der Waals surface area contributed by atoms with E-state index in [-0.39, 0.29) is 33.0 Å². The maximum Gasteiger partial charge on any atom is 0.274 e. The number of nitrogens with one attached hydrogen (secondary N) is 1. The molecule has 11 heteroatoms. The number of halogens is 4. The molecule has 196 valence electrons. The van der Waals surface area contributed by atoms with Crippen LogP contribution in [0.15, 0.2) is 58.5 Å². The van der Waals surface area contributed by atoms with Crippen LogP contribution in [0.1, 0.15) is 40.8 Å². The maximum atomic E-state index is 16.0. The lowest BCUT2D eigenvalue weighted by molar-refractivity contribution is 0.586. The Morgan fingerprint density at radius 2 is 1.82 bits per heavy atom. The summed E-state index contributed by atoms with van der Waals surface area (Å²) in [5.74, 6) is -2.85. The fourth-order valence-electron chi connectivity index (χ4n) is 4.82. The Morgan fingerprint density at radius 3 is 2.50 bits per heavy atom. The van der Waals surface area contributed by atoms with Crippen LogP contribution in [0.4, 0.5) is 13.2 Å². The first-order chi connectivity index (χ1) is 17.9. The van der Waals surface area contributed by atoms with Gasteiger partial charge in [0.05, 0.1) is 26.0 Å². The molecule has 1 aliphatic carbocycles. The van der Waals surface area contributed by atoms with Crippen LogP contribution in [-0.2, 0) is 9.73 Å². The first kappa shape index (κ1) is 26.1. The van der Waals surface area contributed by atoms with Crippen molar-refractivity contribution < 1.29 is 17.4 Å². The second-order valence-electron chi connectivity index (χ2n) is 9.43. The van der Waals surface area contributed by atoms with Crippen molar-refractivity contribution in [3.05, 3.63) is 104 Å². The van der Waals surface area contributed by atoms with E-state index in [9.17, 15) is 13.4 Å². The Hall–Kier alpha value is -3.50. The molecule has 0 saturated heterocycles. The van der Waals surface area contributed by atoms with Crippen LogP contribution in [0.25, 0.3) is 16.9 Å². The van der Waals surface area contributed by atoms with Crippen molar-refractivity contribution >= 4 is 21.3 Å². The second kappa shape index (κ2) is 9.36. The predicted molar refractivity (Wildman–Crippen MR) is 139 cm³/mol. The number of aryl methyl sites for hydroxylation is 2. The first-order valence-corrected chi connectivity index (χ1v) is 14.0. The summed E-state index contributed by atoms with van der Waals surface area (Å²) in [5.41, 5.74) is 0.00687. The first-order valence-electron chi connectivity index (χ1n) is 11.6. The van der Waals surface area contributed by atoms with Gasteiger partial charge in [-0.2, -0.15) is 0 Å². The van der Waals surface area contributed by atoms with Crippen molar-refractivity contribution in [2.24, 2.45) is 0 Å². The summed E-state index contributed by atoms with van der Waals surface area (Å²) in [7, 11) is -3.43. The van der Waals surface area contributed by atoms with E-state index in [4.69, 9.17) is 16.4 Å². The minimum Gasteiger partial charge on any atom is -0.277 e. The number of pyridine rings is 3. The van der Waals surface area contributed by atoms with Gasteiger partial charge in [0.1, 0.15) is 22.4 Å². The summed E-state index contributed by atoms with van der Waals surface area (Å²) < 4.78 is 66.5. The normalized spacial score (nSPS) is 18.3. The average molecular weight is 559 g/mol. The van der Waals surface area contributed by atoms with Crippen molar-refractivity contribution in [3.8, 4) is 16.9 Å². The molecule has 1 saturated carbocycles. The molecule has 1 aliphatic rings. The van der Waals surface area contributed by atoms with Gasteiger partial charge < -0.3 is 0 Å². The maximum absolute atomic E-state index is 16.0. The highest BCUT2D eigenvalue weighted by atomic mass is 35.5. The largest absolute Gasteiger partial charge is 0.277 e. The Kier molecular flexibility index (Phi) is 6.43. The Bertz CT molecular complexity index is 1790. The van der Waals surface area contributed by atoms with Gasteiger partial charge in [-0.25, -0.2) is 22.2 Å². The molecule has 3 aromatic heterocycles. The summed E-state index contributed by atoms with van der Waals surface area (Å²) in [6.07, 6.45) is 4.44. The van der Waals surface area contributed by atoms with Crippen LogP contribution in [0, 0.1) is 36.1 Å². The Balaban J connectivity index is 1.63. The molecular formula is C27H22ClF3N4O2S. The zero-order valence-electron chi connectivity index (χ0n) is 20.6. The van der Waals surface area contributed by atoms with Crippen molar-refractivity contribution in [1.29, 1.82) is 4.78 Å². The molecule has 0 amide bonds. The lowest BCUT2D eigenvalue weighted by atomic mass is 10.1. The molecule has 38 heavy (non-hydrogen) atoms. The van der Waals surface area contributed by atoms with Gasteiger partial charge in [0.2, 0.25) is 0 Å². The third-order valence-electron chi connectivity index (χ3n) is 6.73. The van der Waals surface area contributed by atoms with E-state index in [0.717, 1.165) is 10.8 Å². The van der Waals surface area contributed by atoms with E-state index in [1.807, 2.05) is 0 Å². The molecule has 1 N–H and O–H groups in total. The summed E-state index contributed by atoms with van der Waals surface area (Å²) in [6, 6.07) is 8.34. The van der Waals surface area contributed by atoms with E-state index in [1.165, 1.54) is 42.7 Å². The number of hydrogen-bond donors (Lipinski definition) is 1. The predicted octanol–water partition coefficient (Wildman–Crippen LogP) is 6.29. The minimum atomic E-state index is -3.43. The SMILES string of the molecule is Cc1cnc(-c2cccc(S(C)(=N)=O)c2F)c(F)c1-n1c(C)cc([C@H]2C[C@@H]2c2ncccc2F)c(Cl)c1=O. The van der Waals surface area contributed by atoms with Gasteiger partial charge in [0.15, 0.2) is 5.82 Å². The highest BCUT2D eigenvalue weighted by Gasteiger charge is 2.44. The topological polar surface area (TPSA) is 88.7 Å². The van der Waals surface area contributed by atoms with E-state index < -0.39 is 38.4 Å². The van der Waals surface area contributed by atoms with Gasteiger partial charge in [0.25, 0.3) is 5.56 Å². The minimum absolute atomic E-state index is 0.121. The number of hydrogen-bond acceptors (Lipinski definition) is 5. The number of nitrogens with zero attached hydrogens (tertiary/aromatic N) is 3. The second-order valence-corrected chi connectivity index (χ2v) is 11.9. The lowest BCUT2D eigenvalue weighted by Gasteiger charge is -2.18.